The third kappa shape index (κ3) is 0.845. The number of pyridine rings is 1. The van der Waals surface area contributed by atoms with E-state index in [-0.39, 0.29) is 0 Å². The number of hydrogen-bond acceptors (Lipinski definition) is 3. The van der Waals surface area contributed by atoms with Gasteiger partial charge in [0.25, 0.3) is 0 Å². The number of nitrogen functional groups attached to an aromatic ring is 1. The lowest BCUT2D eigenvalue weighted by molar-refractivity contribution is 1.00. The Kier molecular flexibility index (Phi) is 1.30. The van der Waals surface area contributed by atoms with Crippen LogP contribution in [-0.2, 0) is 0 Å². The quantitative estimate of drug-likeness (QED) is 0.627. The molecule has 0 fully saturated rings. The van der Waals surface area contributed by atoms with Gasteiger partial charge in [0.05, 0.1) is 0 Å². The van der Waals surface area contributed by atoms with Crippen molar-refractivity contribution in [1.82, 2.24) is 14.6 Å². The second-order valence-corrected chi connectivity index (χ2v) is 2.89. The second-order valence-electron chi connectivity index (χ2n) is 2.89. The molecule has 4 nitrogen and oxygen atoms in total. The number of nitrogens with zero attached hydrogens (tertiary/aromatic N) is 3. The zero-order valence-corrected chi connectivity index (χ0v) is 7.07. The van der Waals surface area contributed by atoms with E-state index in [0.717, 1.165) is 22.7 Å². The highest BCUT2D eigenvalue weighted by Gasteiger charge is 2.02. The average Bonchev–Trinajstić information content (AvgIpc) is 2.35. The summed E-state index contributed by atoms with van der Waals surface area (Å²) in [4.78, 5) is 0. The molecule has 0 radical (unpaired) electrons. The average molecular weight is 162 g/mol. The zero-order valence-electron chi connectivity index (χ0n) is 7.07. The molecule has 0 aliphatic carbocycles. The summed E-state index contributed by atoms with van der Waals surface area (Å²) in [5, 5.41) is 7.89. The van der Waals surface area contributed by atoms with Crippen molar-refractivity contribution in [2.45, 2.75) is 13.8 Å². The fraction of sp³-hybridized carbons (Fsp3) is 0.250. The molecule has 2 rings (SSSR count). The summed E-state index contributed by atoms with van der Waals surface area (Å²) in [6.07, 6.45) is 1.94. The van der Waals surface area contributed by atoms with E-state index in [1.165, 1.54) is 0 Å². The van der Waals surface area contributed by atoms with Crippen LogP contribution in [0, 0.1) is 13.8 Å². The summed E-state index contributed by atoms with van der Waals surface area (Å²) in [6, 6.07) is 1.83. The summed E-state index contributed by atoms with van der Waals surface area (Å²) in [5.41, 5.74) is 8.32. The minimum atomic E-state index is 0.759. The normalized spacial score (nSPS) is 10.8. The molecule has 0 saturated heterocycles. The smallest absolute Gasteiger partial charge is 0.162 e. The first kappa shape index (κ1) is 7.09. The van der Waals surface area contributed by atoms with Crippen molar-refractivity contribution in [3.63, 3.8) is 0 Å². The summed E-state index contributed by atoms with van der Waals surface area (Å²) >= 11 is 0. The number of rotatable bonds is 0. The van der Waals surface area contributed by atoms with E-state index >= 15 is 0 Å². The van der Waals surface area contributed by atoms with Crippen LogP contribution in [-0.4, -0.2) is 14.6 Å². The number of nitrogens with two attached hydrogens (primary N) is 1. The number of aryl methyl sites for hydroxylation is 2. The Hall–Kier alpha value is -1.58. The first-order valence-electron chi connectivity index (χ1n) is 3.76. The van der Waals surface area contributed by atoms with Crippen LogP contribution < -0.4 is 5.73 Å². The molecule has 12 heavy (non-hydrogen) atoms. The highest BCUT2D eigenvalue weighted by atomic mass is 15.2. The third-order valence-electron chi connectivity index (χ3n) is 1.96. The topological polar surface area (TPSA) is 56.2 Å². The SMILES string of the molecule is Cc1cn2c(C)nnc2cc1N. The summed E-state index contributed by atoms with van der Waals surface area (Å²) in [7, 11) is 0. The van der Waals surface area contributed by atoms with Crippen molar-refractivity contribution >= 4 is 11.3 Å². The third-order valence-corrected chi connectivity index (χ3v) is 1.96. The molecule has 0 aliphatic rings. The van der Waals surface area contributed by atoms with Gasteiger partial charge in [0.2, 0.25) is 0 Å². The van der Waals surface area contributed by atoms with E-state index in [2.05, 4.69) is 10.2 Å². The Morgan fingerprint density at radius 3 is 2.83 bits per heavy atom. The molecule has 0 amide bonds. The largest absolute Gasteiger partial charge is 0.398 e. The summed E-state index contributed by atoms with van der Waals surface area (Å²) in [5.74, 6) is 0.883. The van der Waals surface area contributed by atoms with Gasteiger partial charge < -0.3 is 5.73 Å². The molecule has 0 spiro atoms. The van der Waals surface area contributed by atoms with E-state index < -0.39 is 0 Å². The molecule has 62 valence electrons. The highest BCUT2D eigenvalue weighted by Crippen LogP contribution is 2.13. The van der Waals surface area contributed by atoms with Crippen LogP contribution in [0.1, 0.15) is 11.4 Å². The molecular formula is C8H10N4. The lowest BCUT2D eigenvalue weighted by Crippen LogP contribution is -1.94. The van der Waals surface area contributed by atoms with Gasteiger partial charge in [-0.3, -0.25) is 4.40 Å². The van der Waals surface area contributed by atoms with E-state index in [1.54, 1.807) is 0 Å². The lowest BCUT2D eigenvalue weighted by Gasteiger charge is -2.00. The van der Waals surface area contributed by atoms with Gasteiger partial charge in [0.15, 0.2) is 5.65 Å². The monoisotopic (exact) mass is 162 g/mol. The maximum Gasteiger partial charge on any atom is 0.162 e. The molecule has 0 saturated carbocycles. The van der Waals surface area contributed by atoms with Gasteiger partial charge >= 0.3 is 0 Å². The number of fused-ring (bicyclic) bond motifs is 1. The van der Waals surface area contributed by atoms with Crippen molar-refractivity contribution in [2.24, 2.45) is 0 Å². The molecule has 0 aliphatic heterocycles. The summed E-state index contributed by atoms with van der Waals surface area (Å²) in [6.45, 7) is 3.88. The maximum absolute atomic E-state index is 5.71. The number of hydrogen-bond donors (Lipinski definition) is 1. The Labute approximate surface area is 70.0 Å². The highest BCUT2D eigenvalue weighted by molar-refractivity contribution is 5.55. The van der Waals surface area contributed by atoms with Crippen LogP contribution in [0.15, 0.2) is 12.3 Å². The minimum absolute atomic E-state index is 0.759. The lowest BCUT2D eigenvalue weighted by atomic mass is 10.2. The second kappa shape index (κ2) is 2.20. The van der Waals surface area contributed by atoms with Crippen LogP contribution in [0.5, 0.6) is 0 Å². The standard InChI is InChI=1S/C8H10N4/c1-5-4-12-6(2)10-11-8(12)3-7(5)9/h3-4H,9H2,1-2H3. The number of anilines is 1. The predicted molar refractivity (Wildman–Crippen MR) is 46.9 cm³/mol. The molecule has 2 N–H and O–H groups in total. The fourth-order valence-electron chi connectivity index (χ4n) is 1.16. The van der Waals surface area contributed by atoms with Crippen molar-refractivity contribution in [2.75, 3.05) is 5.73 Å². The van der Waals surface area contributed by atoms with Gasteiger partial charge in [-0.2, -0.15) is 0 Å². The zero-order chi connectivity index (χ0) is 8.72. The Morgan fingerprint density at radius 1 is 1.33 bits per heavy atom. The van der Waals surface area contributed by atoms with Gasteiger partial charge in [0.1, 0.15) is 5.82 Å². The molecular weight excluding hydrogens is 152 g/mol. The molecule has 2 aromatic heterocycles. The molecule has 0 aromatic carbocycles. The first-order chi connectivity index (χ1) is 5.68. The molecule has 0 atom stereocenters. The Morgan fingerprint density at radius 2 is 2.08 bits per heavy atom. The van der Waals surface area contributed by atoms with Gasteiger partial charge in [-0.1, -0.05) is 0 Å². The first-order valence-corrected chi connectivity index (χ1v) is 3.76. The van der Waals surface area contributed by atoms with Crippen LogP contribution in [0.25, 0.3) is 5.65 Å². The van der Waals surface area contributed by atoms with Crippen LogP contribution in [0.3, 0.4) is 0 Å². The minimum Gasteiger partial charge on any atom is -0.398 e. The molecule has 0 bridgehead atoms. The van der Waals surface area contributed by atoms with Gasteiger partial charge in [-0.25, -0.2) is 0 Å². The van der Waals surface area contributed by atoms with Gasteiger partial charge in [0, 0.05) is 18.0 Å². The van der Waals surface area contributed by atoms with E-state index in [1.807, 2.05) is 30.5 Å². The van der Waals surface area contributed by atoms with Crippen molar-refractivity contribution in [1.29, 1.82) is 0 Å². The van der Waals surface area contributed by atoms with Crippen LogP contribution in [0.2, 0.25) is 0 Å². The number of aromatic nitrogens is 3. The fourth-order valence-corrected chi connectivity index (χ4v) is 1.16. The molecule has 2 aromatic rings. The molecule has 4 heteroatoms. The Bertz CT molecular complexity index is 430. The summed E-state index contributed by atoms with van der Waals surface area (Å²) < 4.78 is 1.92. The van der Waals surface area contributed by atoms with Crippen molar-refractivity contribution in [3.8, 4) is 0 Å². The predicted octanol–water partition coefficient (Wildman–Crippen LogP) is 0.928. The molecule has 2 heterocycles. The van der Waals surface area contributed by atoms with Gasteiger partial charge in [-0.15, -0.1) is 10.2 Å². The van der Waals surface area contributed by atoms with E-state index in [9.17, 15) is 0 Å². The van der Waals surface area contributed by atoms with Gasteiger partial charge in [-0.05, 0) is 19.4 Å². The van der Waals surface area contributed by atoms with E-state index in [0.29, 0.717) is 0 Å². The maximum atomic E-state index is 5.71. The van der Waals surface area contributed by atoms with Crippen LogP contribution in [0.4, 0.5) is 5.69 Å². The Balaban J connectivity index is 2.87. The van der Waals surface area contributed by atoms with Crippen molar-refractivity contribution < 1.29 is 0 Å². The van der Waals surface area contributed by atoms with E-state index in [4.69, 9.17) is 5.73 Å². The van der Waals surface area contributed by atoms with Crippen molar-refractivity contribution in [3.05, 3.63) is 23.7 Å². The molecule has 0 unspecified atom stereocenters. The van der Waals surface area contributed by atoms with Crippen LogP contribution >= 0.6 is 0 Å².